The zero-order valence-electron chi connectivity index (χ0n) is 16.0. The van der Waals surface area contributed by atoms with E-state index >= 15 is 0 Å². The Labute approximate surface area is 166 Å². The van der Waals surface area contributed by atoms with Gasteiger partial charge in [-0.05, 0) is 68.3 Å². The molecule has 2 aromatic carbocycles. The molecule has 1 amide bonds. The summed E-state index contributed by atoms with van der Waals surface area (Å²) in [4.78, 5) is 17.8. The van der Waals surface area contributed by atoms with Crippen molar-refractivity contribution in [3.63, 3.8) is 0 Å². The van der Waals surface area contributed by atoms with E-state index in [0.29, 0.717) is 5.02 Å². The van der Waals surface area contributed by atoms with E-state index in [2.05, 4.69) is 41.2 Å². The van der Waals surface area contributed by atoms with Gasteiger partial charge in [0.1, 0.15) is 0 Å². The van der Waals surface area contributed by atoms with Gasteiger partial charge in [-0.15, -0.1) is 0 Å². The monoisotopic (exact) mass is 383 g/mol. The Kier molecular flexibility index (Phi) is 4.87. The van der Waals surface area contributed by atoms with Gasteiger partial charge in [0.05, 0.1) is 5.41 Å². The highest BCUT2D eigenvalue weighted by Gasteiger charge is 2.51. The van der Waals surface area contributed by atoms with Crippen LogP contribution in [0.25, 0.3) is 0 Å². The number of rotatable bonds is 4. The van der Waals surface area contributed by atoms with Crippen molar-refractivity contribution in [2.24, 2.45) is 0 Å². The minimum absolute atomic E-state index is 0.0836. The molecule has 1 aliphatic carbocycles. The van der Waals surface area contributed by atoms with Crippen LogP contribution < -0.4 is 10.2 Å². The van der Waals surface area contributed by atoms with E-state index in [0.717, 1.165) is 55.8 Å². The number of benzene rings is 2. The van der Waals surface area contributed by atoms with Crippen LogP contribution in [0.3, 0.4) is 0 Å². The molecule has 5 heteroatoms. The Bertz CT molecular complexity index is 837. The van der Waals surface area contributed by atoms with Crippen LogP contribution in [-0.2, 0) is 10.2 Å². The largest absolute Gasteiger partial charge is 0.369 e. The summed E-state index contributed by atoms with van der Waals surface area (Å²) in [7, 11) is 2.16. The highest BCUT2D eigenvalue weighted by atomic mass is 35.5. The maximum atomic E-state index is 13.0. The van der Waals surface area contributed by atoms with Gasteiger partial charge >= 0.3 is 0 Å². The molecule has 0 radical (unpaired) electrons. The molecule has 1 saturated heterocycles. The van der Waals surface area contributed by atoms with Crippen molar-refractivity contribution in [2.45, 2.75) is 25.2 Å². The fraction of sp³-hybridized carbons (Fsp3) is 0.409. The number of carbonyl (C=O) groups excluding carboxylic acids is 1. The summed E-state index contributed by atoms with van der Waals surface area (Å²) in [6, 6.07) is 14.0. The lowest BCUT2D eigenvalue weighted by Crippen LogP contribution is -2.44. The maximum absolute atomic E-state index is 13.0. The number of hydrogen-bond acceptors (Lipinski definition) is 3. The van der Waals surface area contributed by atoms with Gasteiger partial charge in [0.2, 0.25) is 5.91 Å². The summed E-state index contributed by atoms with van der Waals surface area (Å²) in [5.74, 6) is 0.0836. The number of likely N-dealkylation sites (N-methyl/N-ethyl adjacent to an activating group) is 1. The van der Waals surface area contributed by atoms with Gasteiger partial charge < -0.3 is 15.1 Å². The minimum atomic E-state index is -0.396. The van der Waals surface area contributed by atoms with Crippen molar-refractivity contribution in [3.05, 3.63) is 58.6 Å². The standard InChI is InChI=1S/C22H26ClN3O/c1-16-15-19(26-13-11-25(2)12-14-26)7-8-20(16)24-21(27)22(9-10-22)17-3-5-18(23)6-4-17/h3-8,15H,9-14H2,1-2H3,(H,24,27). The van der Waals surface area contributed by atoms with Gasteiger partial charge in [0, 0.05) is 42.6 Å². The van der Waals surface area contributed by atoms with E-state index < -0.39 is 5.41 Å². The number of halogens is 1. The molecule has 2 aromatic rings. The van der Waals surface area contributed by atoms with Crippen molar-refractivity contribution in [3.8, 4) is 0 Å². The van der Waals surface area contributed by atoms with E-state index in [4.69, 9.17) is 11.6 Å². The molecule has 0 unspecified atom stereocenters. The van der Waals surface area contributed by atoms with Crippen LogP contribution in [0.4, 0.5) is 11.4 Å². The molecule has 1 aliphatic heterocycles. The van der Waals surface area contributed by atoms with Gasteiger partial charge in [-0.3, -0.25) is 4.79 Å². The first-order chi connectivity index (χ1) is 13.0. The van der Waals surface area contributed by atoms with Crippen LogP contribution in [0.2, 0.25) is 5.02 Å². The van der Waals surface area contributed by atoms with Crippen molar-refractivity contribution in [2.75, 3.05) is 43.4 Å². The minimum Gasteiger partial charge on any atom is -0.369 e. The first kappa shape index (κ1) is 18.3. The molecule has 0 atom stereocenters. The number of piperazine rings is 1. The molecule has 2 fully saturated rings. The summed E-state index contributed by atoms with van der Waals surface area (Å²) < 4.78 is 0. The molecule has 4 rings (SSSR count). The molecule has 142 valence electrons. The van der Waals surface area contributed by atoms with Crippen molar-refractivity contribution in [1.82, 2.24) is 4.90 Å². The Balaban J connectivity index is 1.48. The number of hydrogen-bond donors (Lipinski definition) is 1. The van der Waals surface area contributed by atoms with Gasteiger partial charge in [0.15, 0.2) is 0 Å². The summed E-state index contributed by atoms with van der Waals surface area (Å²) in [6.07, 6.45) is 1.78. The molecule has 4 nitrogen and oxygen atoms in total. The normalized spacial score (nSPS) is 19.0. The van der Waals surface area contributed by atoms with Crippen LogP contribution in [-0.4, -0.2) is 44.0 Å². The second-order valence-electron chi connectivity index (χ2n) is 7.83. The topological polar surface area (TPSA) is 35.6 Å². The van der Waals surface area contributed by atoms with Crippen molar-refractivity contribution < 1.29 is 4.79 Å². The lowest BCUT2D eigenvalue weighted by molar-refractivity contribution is -0.118. The zero-order chi connectivity index (χ0) is 19.0. The van der Waals surface area contributed by atoms with Gasteiger partial charge in [-0.2, -0.15) is 0 Å². The Hall–Kier alpha value is -2.04. The maximum Gasteiger partial charge on any atom is 0.235 e. The first-order valence-electron chi connectivity index (χ1n) is 9.60. The number of carbonyl (C=O) groups is 1. The van der Waals surface area contributed by atoms with Gasteiger partial charge in [0.25, 0.3) is 0 Å². The molecule has 1 saturated carbocycles. The molecule has 27 heavy (non-hydrogen) atoms. The van der Waals surface area contributed by atoms with E-state index in [1.54, 1.807) is 0 Å². The SMILES string of the molecule is Cc1cc(N2CCN(C)CC2)ccc1NC(=O)C1(c2ccc(Cl)cc2)CC1. The third-order valence-electron chi connectivity index (χ3n) is 5.91. The molecule has 0 spiro atoms. The van der Waals surface area contributed by atoms with E-state index in [1.165, 1.54) is 5.69 Å². The van der Waals surface area contributed by atoms with Crippen LogP contribution in [0, 0.1) is 6.92 Å². The predicted molar refractivity (Wildman–Crippen MR) is 112 cm³/mol. The van der Waals surface area contributed by atoms with E-state index in [-0.39, 0.29) is 5.91 Å². The highest BCUT2D eigenvalue weighted by Crippen LogP contribution is 2.49. The third kappa shape index (κ3) is 3.69. The molecule has 0 bridgehead atoms. The number of aryl methyl sites for hydroxylation is 1. The fourth-order valence-electron chi connectivity index (χ4n) is 3.83. The first-order valence-corrected chi connectivity index (χ1v) is 9.97. The second-order valence-corrected chi connectivity index (χ2v) is 8.27. The van der Waals surface area contributed by atoms with Crippen LogP contribution in [0.15, 0.2) is 42.5 Å². The fourth-order valence-corrected chi connectivity index (χ4v) is 3.96. The van der Waals surface area contributed by atoms with Crippen LogP contribution in [0.1, 0.15) is 24.0 Å². The zero-order valence-corrected chi connectivity index (χ0v) is 16.7. The Morgan fingerprint density at radius 2 is 1.70 bits per heavy atom. The molecule has 0 aromatic heterocycles. The Morgan fingerprint density at radius 3 is 2.30 bits per heavy atom. The number of nitrogens with zero attached hydrogens (tertiary/aromatic N) is 2. The summed E-state index contributed by atoms with van der Waals surface area (Å²) in [6.45, 7) is 6.32. The molecular formula is C22H26ClN3O. The third-order valence-corrected chi connectivity index (χ3v) is 6.16. The van der Waals surface area contributed by atoms with E-state index in [9.17, 15) is 4.79 Å². The average molecular weight is 384 g/mol. The molecule has 1 N–H and O–H groups in total. The highest BCUT2D eigenvalue weighted by molar-refractivity contribution is 6.30. The number of amides is 1. The van der Waals surface area contributed by atoms with Crippen molar-refractivity contribution >= 4 is 28.9 Å². The Morgan fingerprint density at radius 1 is 1.04 bits per heavy atom. The quantitative estimate of drug-likeness (QED) is 0.864. The lowest BCUT2D eigenvalue weighted by Gasteiger charge is -2.34. The summed E-state index contributed by atoms with van der Waals surface area (Å²) >= 11 is 5.99. The van der Waals surface area contributed by atoms with Crippen LogP contribution >= 0.6 is 11.6 Å². The summed E-state index contributed by atoms with van der Waals surface area (Å²) in [5.41, 5.74) is 3.89. The molecular weight excluding hydrogens is 358 g/mol. The van der Waals surface area contributed by atoms with E-state index in [1.807, 2.05) is 30.3 Å². The van der Waals surface area contributed by atoms with Crippen molar-refractivity contribution in [1.29, 1.82) is 0 Å². The van der Waals surface area contributed by atoms with Gasteiger partial charge in [-0.1, -0.05) is 23.7 Å². The molecule has 2 aliphatic rings. The average Bonchev–Trinajstić information content (AvgIpc) is 3.46. The van der Waals surface area contributed by atoms with Crippen LogP contribution in [0.5, 0.6) is 0 Å². The number of nitrogens with one attached hydrogen (secondary N) is 1. The smallest absolute Gasteiger partial charge is 0.235 e. The second kappa shape index (κ2) is 7.17. The number of anilines is 2. The summed E-state index contributed by atoms with van der Waals surface area (Å²) in [5, 5.41) is 3.86. The lowest BCUT2D eigenvalue weighted by atomic mass is 9.95. The van der Waals surface area contributed by atoms with Gasteiger partial charge in [-0.25, -0.2) is 0 Å². The molecule has 1 heterocycles. The predicted octanol–water partition coefficient (Wildman–Crippen LogP) is 4.07.